The van der Waals surface area contributed by atoms with Crippen LogP contribution in [0.4, 0.5) is 0 Å². The molecule has 1 amide bonds. The number of hydrogen-bond donors (Lipinski definition) is 0. The number of nitrogens with zero attached hydrogens (tertiary/aromatic N) is 2. The largest absolute Gasteiger partial charge is 0.338 e. The summed E-state index contributed by atoms with van der Waals surface area (Å²) in [5.41, 5.74) is 0. The second-order valence-corrected chi connectivity index (χ2v) is 4.16. The molecule has 1 aliphatic rings. The zero-order valence-corrected chi connectivity index (χ0v) is 9.16. The second-order valence-electron chi connectivity index (χ2n) is 2.79. The van der Waals surface area contributed by atoms with Gasteiger partial charge in [-0.05, 0) is 12.5 Å². The van der Waals surface area contributed by atoms with Gasteiger partial charge in [0.1, 0.15) is 0 Å². The van der Waals surface area contributed by atoms with E-state index in [2.05, 4.69) is 32.6 Å². The predicted molar refractivity (Wildman–Crippen MR) is 57.0 cm³/mol. The van der Waals surface area contributed by atoms with E-state index in [0.717, 1.165) is 32.6 Å². The first kappa shape index (κ1) is 9.98. The summed E-state index contributed by atoms with van der Waals surface area (Å²) in [6.45, 7) is 7.20. The molecule has 1 rings (SSSR count). The van der Waals surface area contributed by atoms with Gasteiger partial charge in [-0.1, -0.05) is 6.58 Å². The number of hydrogen-bond acceptors (Lipinski definition) is 2. The molecule has 1 saturated heterocycles. The monoisotopic (exact) mass is 280 g/mol. The Morgan fingerprint density at radius 3 is 2.75 bits per heavy atom. The maximum absolute atomic E-state index is 11.2. The summed E-state index contributed by atoms with van der Waals surface area (Å²) in [4.78, 5) is 13.1. The standard InChI is InChI=1S/C8H13IN2O/c1-2-8(12)10-4-3-5-11(9)7-6-10/h2H,1,3-7H2. The molecule has 0 atom stereocenters. The Morgan fingerprint density at radius 1 is 1.33 bits per heavy atom. The summed E-state index contributed by atoms with van der Waals surface area (Å²) in [6, 6.07) is 0. The van der Waals surface area contributed by atoms with Gasteiger partial charge in [0.15, 0.2) is 0 Å². The Balaban J connectivity index is 2.45. The fraction of sp³-hybridized carbons (Fsp3) is 0.625. The lowest BCUT2D eigenvalue weighted by atomic mass is 10.4. The van der Waals surface area contributed by atoms with E-state index >= 15 is 0 Å². The summed E-state index contributed by atoms with van der Waals surface area (Å²) in [5, 5.41) is 0. The Morgan fingerprint density at radius 2 is 2.08 bits per heavy atom. The fourth-order valence-electron chi connectivity index (χ4n) is 1.24. The first-order valence-electron chi connectivity index (χ1n) is 4.06. The summed E-state index contributed by atoms with van der Waals surface area (Å²) in [6.07, 6.45) is 2.45. The molecule has 0 N–H and O–H groups in total. The maximum atomic E-state index is 11.2. The van der Waals surface area contributed by atoms with Crippen LogP contribution in [0.5, 0.6) is 0 Å². The van der Waals surface area contributed by atoms with Crippen molar-refractivity contribution < 1.29 is 4.79 Å². The number of carbonyl (C=O) groups is 1. The van der Waals surface area contributed by atoms with Crippen molar-refractivity contribution in [1.82, 2.24) is 8.01 Å². The molecule has 0 aromatic carbocycles. The molecule has 12 heavy (non-hydrogen) atoms. The van der Waals surface area contributed by atoms with Crippen molar-refractivity contribution in [1.29, 1.82) is 0 Å². The van der Waals surface area contributed by atoms with E-state index in [9.17, 15) is 4.79 Å². The van der Waals surface area contributed by atoms with Gasteiger partial charge in [-0.15, -0.1) is 0 Å². The SMILES string of the molecule is C=CC(=O)N1CCCN(I)CC1. The van der Waals surface area contributed by atoms with Crippen LogP contribution < -0.4 is 0 Å². The van der Waals surface area contributed by atoms with E-state index in [-0.39, 0.29) is 5.91 Å². The minimum atomic E-state index is 0.0571. The van der Waals surface area contributed by atoms with Gasteiger partial charge >= 0.3 is 0 Å². The van der Waals surface area contributed by atoms with E-state index in [1.165, 1.54) is 6.08 Å². The quantitative estimate of drug-likeness (QED) is 0.407. The molecule has 0 aliphatic carbocycles. The summed E-state index contributed by atoms with van der Waals surface area (Å²) in [5.74, 6) is 0.0571. The van der Waals surface area contributed by atoms with Crippen molar-refractivity contribution in [3.05, 3.63) is 12.7 Å². The number of rotatable bonds is 1. The molecule has 0 saturated carbocycles. The Bertz CT molecular complexity index is 184. The molecular formula is C8H13IN2O. The van der Waals surface area contributed by atoms with Crippen LogP contribution in [-0.2, 0) is 4.79 Å². The third-order valence-corrected chi connectivity index (χ3v) is 2.89. The van der Waals surface area contributed by atoms with E-state index in [1.807, 2.05) is 4.90 Å². The van der Waals surface area contributed by atoms with Crippen LogP contribution in [0.3, 0.4) is 0 Å². The lowest BCUT2D eigenvalue weighted by Gasteiger charge is -2.17. The van der Waals surface area contributed by atoms with Crippen LogP contribution in [0, 0.1) is 0 Å². The predicted octanol–water partition coefficient (Wildman–Crippen LogP) is 1.06. The zero-order chi connectivity index (χ0) is 8.97. The molecule has 4 heteroatoms. The molecule has 1 fully saturated rings. The minimum absolute atomic E-state index is 0.0571. The molecule has 0 radical (unpaired) electrons. The van der Waals surface area contributed by atoms with E-state index in [0.29, 0.717) is 0 Å². The van der Waals surface area contributed by atoms with Gasteiger partial charge in [-0.3, -0.25) is 4.79 Å². The van der Waals surface area contributed by atoms with Gasteiger partial charge < -0.3 is 4.90 Å². The summed E-state index contributed by atoms with van der Waals surface area (Å²) in [7, 11) is 0. The molecule has 1 aliphatic heterocycles. The van der Waals surface area contributed by atoms with Crippen molar-refractivity contribution in [3.8, 4) is 0 Å². The maximum Gasteiger partial charge on any atom is 0.245 e. The fourth-order valence-corrected chi connectivity index (χ4v) is 1.79. The van der Waals surface area contributed by atoms with E-state index < -0.39 is 0 Å². The average Bonchev–Trinajstić information content (AvgIpc) is 2.29. The average molecular weight is 280 g/mol. The molecule has 3 nitrogen and oxygen atoms in total. The molecule has 0 unspecified atom stereocenters. The van der Waals surface area contributed by atoms with Crippen LogP contribution in [0.2, 0.25) is 0 Å². The van der Waals surface area contributed by atoms with Crippen molar-refractivity contribution in [2.24, 2.45) is 0 Å². The van der Waals surface area contributed by atoms with Crippen LogP contribution in [0.15, 0.2) is 12.7 Å². The molecule has 0 spiro atoms. The van der Waals surface area contributed by atoms with Gasteiger partial charge in [-0.2, -0.15) is 0 Å². The highest BCUT2D eigenvalue weighted by atomic mass is 127. The van der Waals surface area contributed by atoms with Crippen LogP contribution in [0.1, 0.15) is 6.42 Å². The molecule has 0 aromatic heterocycles. The first-order valence-corrected chi connectivity index (χ1v) is 5.02. The molecule has 68 valence electrons. The molecule has 0 aromatic rings. The van der Waals surface area contributed by atoms with Crippen LogP contribution >= 0.6 is 22.9 Å². The van der Waals surface area contributed by atoms with E-state index in [4.69, 9.17) is 0 Å². The first-order chi connectivity index (χ1) is 5.74. The summed E-state index contributed by atoms with van der Waals surface area (Å²) >= 11 is 2.30. The highest BCUT2D eigenvalue weighted by molar-refractivity contribution is 14.1. The van der Waals surface area contributed by atoms with Crippen molar-refractivity contribution in [2.75, 3.05) is 26.2 Å². The second kappa shape index (κ2) is 4.81. The van der Waals surface area contributed by atoms with Crippen molar-refractivity contribution in [2.45, 2.75) is 6.42 Å². The zero-order valence-electron chi connectivity index (χ0n) is 7.00. The van der Waals surface area contributed by atoms with E-state index in [1.54, 1.807) is 0 Å². The smallest absolute Gasteiger partial charge is 0.245 e. The van der Waals surface area contributed by atoms with Crippen molar-refractivity contribution >= 4 is 28.8 Å². The van der Waals surface area contributed by atoms with Gasteiger partial charge in [0, 0.05) is 49.0 Å². The highest BCUT2D eigenvalue weighted by Crippen LogP contribution is 2.07. The van der Waals surface area contributed by atoms with Gasteiger partial charge in [0.05, 0.1) is 0 Å². The van der Waals surface area contributed by atoms with Gasteiger partial charge in [0.25, 0.3) is 0 Å². The lowest BCUT2D eigenvalue weighted by molar-refractivity contribution is -0.125. The molecule has 1 heterocycles. The Hall–Kier alpha value is -0.100. The third kappa shape index (κ3) is 2.75. The minimum Gasteiger partial charge on any atom is -0.338 e. The van der Waals surface area contributed by atoms with Crippen LogP contribution in [0.25, 0.3) is 0 Å². The topological polar surface area (TPSA) is 23.6 Å². The van der Waals surface area contributed by atoms with Gasteiger partial charge in [-0.25, -0.2) is 3.11 Å². The number of halogens is 1. The van der Waals surface area contributed by atoms with Crippen LogP contribution in [-0.4, -0.2) is 40.1 Å². The lowest BCUT2D eigenvalue weighted by Crippen LogP contribution is -2.32. The molecule has 0 bridgehead atoms. The number of carbonyl (C=O) groups excluding carboxylic acids is 1. The molecular weight excluding hydrogens is 267 g/mol. The van der Waals surface area contributed by atoms with Crippen molar-refractivity contribution in [3.63, 3.8) is 0 Å². The highest BCUT2D eigenvalue weighted by Gasteiger charge is 2.14. The Kier molecular flexibility index (Phi) is 4.00. The summed E-state index contributed by atoms with van der Waals surface area (Å²) < 4.78 is 2.22. The Labute approximate surface area is 86.9 Å². The number of amides is 1. The van der Waals surface area contributed by atoms with Gasteiger partial charge in [0.2, 0.25) is 5.91 Å². The third-order valence-electron chi connectivity index (χ3n) is 1.93. The normalized spacial score (nSPS) is 20.2.